The first-order valence-electron chi connectivity index (χ1n) is 8.27. The Kier molecular flexibility index (Phi) is 5.83. The van der Waals surface area contributed by atoms with Crippen LogP contribution in [0.1, 0.15) is 51.9 Å². The molecule has 2 aliphatic rings. The fourth-order valence-corrected chi connectivity index (χ4v) is 3.48. The van der Waals surface area contributed by atoms with Crippen LogP contribution in [-0.2, 0) is 0 Å². The smallest absolute Gasteiger partial charge is 0.101 e. The van der Waals surface area contributed by atoms with Crippen molar-refractivity contribution < 1.29 is 0 Å². The van der Waals surface area contributed by atoms with Crippen LogP contribution in [0.2, 0.25) is 0 Å². The second kappa shape index (κ2) is 7.40. The van der Waals surface area contributed by atoms with E-state index in [0.717, 1.165) is 18.9 Å². The monoisotopic (exact) mass is 278 g/mol. The minimum Gasteiger partial charge on any atom is -0.314 e. The molecule has 20 heavy (non-hydrogen) atoms. The van der Waals surface area contributed by atoms with Gasteiger partial charge in [0, 0.05) is 12.6 Å². The quantitative estimate of drug-likeness (QED) is 0.755. The zero-order valence-corrected chi connectivity index (χ0v) is 13.0. The van der Waals surface area contributed by atoms with E-state index in [1.54, 1.807) is 0 Å². The van der Waals surface area contributed by atoms with Gasteiger partial charge >= 0.3 is 0 Å². The first-order valence-corrected chi connectivity index (χ1v) is 8.27. The maximum atomic E-state index is 8.89. The summed E-state index contributed by atoms with van der Waals surface area (Å²) in [5.41, 5.74) is 5.21. The zero-order valence-electron chi connectivity index (χ0n) is 13.0. The number of unbranched alkanes of at least 4 members (excludes halogenated alkanes) is 1. The number of hydrogen-bond acceptors (Lipinski definition) is 4. The van der Waals surface area contributed by atoms with Crippen molar-refractivity contribution in [3.63, 3.8) is 0 Å². The maximum Gasteiger partial charge on any atom is 0.101 e. The lowest BCUT2D eigenvalue weighted by Crippen LogP contribution is -2.41. The average molecular weight is 278 g/mol. The number of likely N-dealkylation sites (tertiary alicyclic amines) is 2. The molecule has 2 heterocycles. The van der Waals surface area contributed by atoms with Crippen LogP contribution < -0.4 is 5.73 Å². The van der Waals surface area contributed by atoms with Crippen LogP contribution in [0.15, 0.2) is 0 Å². The summed E-state index contributed by atoms with van der Waals surface area (Å²) < 4.78 is 0. The van der Waals surface area contributed by atoms with Crippen LogP contribution in [0.5, 0.6) is 0 Å². The van der Waals surface area contributed by atoms with E-state index in [1.165, 1.54) is 64.8 Å². The highest BCUT2D eigenvalue weighted by Crippen LogP contribution is 2.20. The van der Waals surface area contributed by atoms with Crippen molar-refractivity contribution in [2.45, 2.75) is 63.5 Å². The Hall–Kier alpha value is -0.630. The molecular formula is C16H30N4. The Morgan fingerprint density at radius 1 is 1.20 bits per heavy atom. The van der Waals surface area contributed by atoms with Gasteiger partial charge < -0.3 is 10.6 Å². The fraction of sp³-hybridized carbons (Fsp3) is 0.938. The van der Waals surface area contributed by atoms with E-state index in [0.29, 0.717) is 0 Å². The molecule has 2 rings (SSSR count). The number of rotatable bonds is 6. The van der Waals surface area contributed by atoms with Crippen LogP contribution in [0.25, 0.3) is 0 Å². The van der Waals surface area contributed by atoms with Gasteiger partial charge in [-0.2, -0.15) is 5.26 Å². The van der Waals surface area contributed by atoms with Crippen LogP contribution in [-0.4, -0.2) is 54.1 Å². The molecule has 0 aromatic heterocycles. The summed E-state index contributed by atoms with van der Waals surface area (Å²) in [6.07, 6.45) is 8.58. The van der Waals surface area contributed by atoms with Crippen molar-refractivity contribution in [1.82, 2.24) is 9.80 Å². The molecule has 0 amide bonds. The standard InChI is InChI=1S/C16H30N4/c1-16(18,14-17)8-3-6-9-19-12-7-15(13-19)20-10-4-2-5-11-20/h15H,2-13,18H2,1H3. The van der Waals surface area contributed by atoms with Crippen molar-refractivity contribution >= 4 is 0 Å². The molecular weight excluding hydrogens is 248 g/mol. The summed E-state index contributed by atoms with van der Waals surface area (Å²) in [5, 5.41) is 8.89. The Morgan fingerprint density at radius 3 is 2.65 bits per heavy atom. The molecule has 0 bridgehead atoms. The van der Waals surface area contributed by atoms with E-state index in [1.807, 2.05) is 6.92 Å². The molecule has 2 N–H and O–H groups in total. The third-order valence-electron chi connectivity index (χ3n) is 4.83. The van der Waals surface area contributed by atoms with Gasteiger partial charge in [-0.05, 0) is 71.6 Å². The van der Waals surface area contributed by atoms with Crippen LogP contribution in [0.4, 0.5) is 0 Å². The average Bonchev–Trinajstić information content (AvgIpc) is 2.93. The summed E-state index contributed by atoms with van der Waals surface area (Å²) in [6, 6.07) is 2.98. The summed E-state index contributed by atoms with van der Waals surface area (Å²) in [5.74, 6) is 0. The van der Waals surface area contributed by atoms with Crippen molar-refractivity contribution in [3.8, 4) is 6.07 Å². The van der Waals surface area contributed by atoms with Gasteiger partial charge in [-0.15, -0.1) is 0 Å². The van der Waals surface area contributed by atoms with E-state index >= 15 is 0 Å². The normalized spacial score (nSPS) is 28.1. The molecule has 0 aromatic carbocycles. The summed E-state index contributed by atoms with van der Waals surface area (Å²) >= 11 is 0. The largest absolute Gasteiger partial charge is 0.314 e. The maximum absolute atomic E-state index is 8.89. The third-order valence-corrected chi connectivity index (χ3v) is 4.83. The van der Waals surface area contributed by atoms with E-state index in [-0.39, 0.29) is 0 Å². The van der Waals surface area contributed by atoms with Gasteiger partial charge in [0.1, 0.15) is 5.54 Å². The lowest BCUT2D eigenvalue weighted by Gasteiger charge is -2.32. The number of nitrogens with two attached hydrogens (primary N) is 1. The van der Waals surface area contributed by atoms with E-state index in [4.69, 9.17) is 11.0 Å². The molecule has 0 radical (unpaired) electrons. The number of piperidine rings is 1. The van der Waals surface area contributed by atoms with E-state index < -0.39 is 5.54 Å². The molecule has 2 unspecified atom stereocenters. The van der Waals surface area contributed by atoms with Crippen molar-refractivity contribution in [1.29, 1.82) is 5.26 Å². The van der Waals surface area contributed by atoms with E-state index in [2.05, 4.69) is 15.9 Å². The highest BCUT2D eigenvalue weighted by molar-refractivity contribution is 5.00. The Morgan fingerprint density at radius 2 is 1.95 bits per heavy atom. The second-order valence-electron chi connectivity index (χ2n) is 6.83. The Bertz CT molecular complexity index is 328. The molecule has 2 aliphatic heterocycles. The lowest BCUT2D eigenvalue weighted by molar-refractivity contribution is 0.162. The molecule has 2 atom stereocenters. The SMILES string of the molecule is CC(N)(C#N)CCCCN1CCC(N2CCCCC2)C1. The van der Waals surface area contributed by atoms with Gasteiger partial charge in [-0.1, -0.05) is 6.42 Å². The molecule has 0 spiro atoms. The van der Waals surface area contributed by atoms with Crippen LogP contribution >= 0.6 is 0 Å². The molecule has 0 aromatic rings. The lowest BCUT2D eigenvalue weighted by atomic mass is 9.98. The predicted molar refractivity (Wildman–Crippen MR) is 82.3 cm³/mol. The predicted octanol–water partition coefficient (Wildman–Crippen LogP) is 1.96. The van der Waals surface area contributed by atoms with E-state index in [9.17, 15) is 0 Å². The number of nitriles is 1. The fourth-order valence-electron chi connectivity index (χ4n) is 3.48. The van der Waals surface area contributed by atoms with Gasteiger partial charge in [0.2, 0.25) is 0 Å². The minimum absolute atomic E-state index is 0.638. The van der Waals surface area contributed by atoms with Crippen molar-refractivity contribution in [3.05, 3.63) is 0 Å². The Balaban J connectivity index is 1.60. The first-order chi connectivity index (χ1) is 9.61. The third kappa shape index (κ3) is 4.73. The molecule has 4 heteroatoms. The summed E-state index contributed by atoms with van der Waals surface area (Å²) in [6.45, 7) is 8.12. The van der Waals surface area contributed by atoms with Crippen molar-refractivity contribution in [2.75, 3.05) is 32.7 Å². The molecule has 4 nitrogen and oxygen atoms in total. The topological polar surface area (TPSA) is 56.3 Å². The zero-order chi connectivity index (χ0) is 14.4. The highest BCUT2D eigenvalue weighted by atomic mass is 15.3. The van der Waals surface area contributed by atoms with Gasteiger partial charge in [0.15, 0.2) is 0 Å². The number of nitrogens with zero attached hydrogens (tertiary/aromatic N) is 3. The molecule has 0 saturated carbocycles. The first kappa shape index (κ1) is 15.8. The summed E-state index contributed by atoms with van der Waals surface area (Å²) in [7, 11) is 0. The number of hydrogen-bond donors (Lipinski definition) is 1. The molecule has 114 valence electrons. The van der Waals surface area contributed by atoms with Crippen LogP contribution in [0.3, 0.4) is 0 Å². The van der Waals surface area contributed by atoms with Gasteiger partial charge in [0.05, 0.1) is 6.07 Å². The Labute approximate surface area is 123 Å². The highest BCUT2D eigenvalue weighted by Gasteiger charge is 2.28. The van der Waals surface area contributed by atoms with Gasteiger partial charge in [0.25, 0.3) is 0 Å². The van der Waals surface area contributed by atoms with Gasteiger partial charge in [-0.25, -0.2) is 0 Å². The minimum atomic E-state index is -0.638. The molecule has 2 saturated heterocycles. The van der Waals surface area contributed by atoms with Crippen molar-refractivity contribution in [2.24, 2.45) is 5.73 Å². The van der Waals surface area contributed by atoms with Crippen LogP contribution in [0, 0.1) is 11.3 Å². The molecule has 2 fully saturated rings. The summed E-state index contributed by atoms with van der Waals surface area (Å²) in [4.78, 5) is 5.30. The van der Waals surface area contributed by atoms with Gasteiger partial charge in [-0.3, -0.25) is 4.90 Å². The molecule has 0 aliphatic carbocycles. The second-order valence-corrected chi connectivity index (χ2v) is 6.83.